The van der Waals surface area contributed by atoms with Gasteiger partial charge in [0.1, 0.15) is 23.1 Å². The molecular weight excluding hydrogens is 418 g/mol. The predicted molar refractivity (Wildman–Crippen MR) is 129 cm³/mol. The minimum absolute atomic E-state index is 0.249. The molecule has 0 atom stereocenters. The van der Waals surface area contributed by atoms with Gasteiger partial charge in [-0.1, -0.05) is 18.2 Å². The van der Waals surface area contributed by atoms with Gasteiger partial charge in [-0.05, 0) is 55.2 Å². The van der Waals surface area contributed by atoms with Crippen molar-refractivity contribution in [1.29, 1.82) is 0 Å². The summed E-state index contributed by atoms with van der Waals surface area (Å²) in [6.45, 7) is 2.61. The molecule has 1 aliphatic heterocycles. The largest absolute Gasteiger partial charge is 0.497 e. The van der Waals surface area contributed by atoms with Crippen molar-refractivity contribution in [3.8, 4) is 17.2 Å². The van der Waals surface area contributed by atoms with E-state index in [2.05, 4.69) is 15.2 Å². The Morgan fingerprint density at radius 1 is 0.970 bits per heavy atom. The van der Waals surface area contributed by atoms with Gasteiger partial charge in [0.05, 0.1) is 32.7 Å². The number of aromatic nitrogens is 1. The van der Waals surface area contributed by atoms with Crippen molar-refractivity contribution < 1.29 is 19.0 Å². The molecular formula is C26H29N3O4. The quantitative estimate of drug-likeness (QED) is 0.542. The van der Waals surface area contributed by atoms with E-state index in [1.807, 2.05) is 42.5 Å². The lowest BCUT2D eigenvalue weighted by Crippen LogP contribution is -2.36. The van der Waals surface area contributed by atoms with Gasteiger partial charge in [0.2, 0.25) is 0 Å². The van der Waals surface area contributed by atoms with Crippen LogP contribution >= 0.6 is 0 Å². The van der Waals surface area contributed by atoms with Gasteiger partial charge in [0, 0.05) is 24.7 Å². The fourth-order valence-electron chi connectivity index (χ4n) is 3.85. The monoisotopic (exact) mass is 447 g/mol. The third-order valence-electron chi connectivity index (χ3n) is 5.79. The van der Waals surface area contributed by atoms with Gasteiger partial charge in [0.15, 0.2) is 0 Å². The molecule has 2 heterocycles. The Hall–Kier alpha value is -3.74. The number of benzene rings is 2. The molecule has 172 valence electrons. The summed E-state index contributed by atoms with van der Waals surface area (Å²) in [7, 11) is 3.11. The lowest BCUT2D eigenvalue weighted by Gasteiger charge is -2.32. The zero-order valence-electron chi connectivity index (χ0n) is 19.0. The van der Waals surface area contributed by atoms with Crippen molar-refractivity contribution >= 4 is 17.4 Å². The number of hydrogen-bond acceptors (Lipinski definition) is 6. The Morgan fingerprint density at radius 2 is 1.67 bits per heavy atom. The maximum Gasteiger partial charge on any atom is 0.255 e. The minimum Gasteiger partial charge on any atom is -0.497 e. The van der Waals surface area contributed by atoms with E-state index in [1.165, 1.54) is 0 Å². The van der Waals surface area contributed by atoms with E-state index in [1.54, 1.807) is 38.6 Å². The second-order valence-electron chi connectivity index (χ2n) is 8.02. The molecule has 0 aliphatic carbocycles. The number of amides is 1. The number of hydrogen-bond donors (Lipinski definition) is 1. The molecule has 1 aromatic heterocycles. The first-order valence-electron chi connectivity index (χ1n) is 11.1. The second-order valence-corrected chi connectivity index (χ2v) is 8.02. The van der Waals surface area contributed by atoms with Crippen molar-refractivity contribution in [2.24, 2.45) is 5.92 Å². The topological polar surface area (TPSA) is 72.9 Å². The van der Waals surface area contributed by atoms with Crippen LogP contribution in [0.1, 0.15) is 23.2 Å². The Labute approximate surface area is 194 Å². The van der Waals surface area contributed by atoms with Gasteiger partial charge < -0.3 is 24.4 Å². The summed E-state index contributed by atoms with van der Waals surface area (Å²) >= 11 is 0. The van der Waals surface area contributed by atoms with Crippen LogP contribution in [-0.2, 0) is 0 Å². The molecule has 33 heavy (non-hydrogen) atoms. The summed E-state index contributed by atoms with van der Waals surface area (Å²) in [6.07, 6.45) is 3.81. The Balaban J connectivity index is 1.29. The SMILES string of the molecule is COc1cc(OC)cc(C(=O)Nc2ccc(N3CCC(COc4ccccc4)CC3)nc2)c1. The van der Waals surface area contributed by atoms with Gasteiger partial charge in [-0.3, -0.25) is 4.79 Å². The number of para-hydroxylation sites is 1. The molecule has 1 N–H and O–H groups in total. The Kier molecular flexibility index (Phi) is 7.29. The molecule has 0 unspecified atom stereocenters. The fourth-order valence-corrected chi connectivity index (χ4v) is 3.85. The van der Waals surface area contributed by atoms with Crippen molar-refractivity contribution in [1.82, 2.24) is 4.98 Å². The average Bonchev–Trinajstić information content (AvgIpc) is 2.88. The van der Waals surface area contributed by atoms with E-state index >= 15 is 0 Å². The lowest BCUT2D eigenvalue weighted by molar-refractivity contribution is 0.102. The highest BCUT2D eigenvalue weighted by atomic mass is 16.5. The molecule has 2 aromatic carbocycles. The van der Waals surface area contributed by atoms with Crippen LogP contribution < -0.4 is 24.4 Å². The highest BCUT2D eigenvalue weighted by Gasteiger charge is 2.21. The lowest BCUT2D eigenvalue weighted by atomic mass is 9.98. The molecule has 0 radical (unpaired) electrons. The molecule has 1 amide bonds. The van der Waals surface area contributed by atoms with Crippen LogP contribution in [0.5, 0.6) is 17.2 Å². The molecule has 0 bridgehead atoms. The fraction of sp³-hybridized carbons (Fsp3) is 0.308. The first-order chi connectivity index (χ1) is 16.1. The van der Waals surface area contributed by atoms with Crippen LogP contribution in [-0.4, -0.2) is 44.8 Å². The molecule has 0 spiro atoms. The normalized spacial score (nSPS) is 13.9. The van der Waals surface area contributed by atoms with E-state index in [9.17, 15) is 4.79 Å². The smallest absolute Gasteiger partial charge is 0.255 e. The van der Waals surface area contributed by atoms with E-state index in [0.717, 1.165) is 44.1 Å². The van der Waals surface area contributed by atoms with Crippen LogP contribution in [0.25, 0.3) is 0 Å². The summed E-state index contributed by atoms with van der Waals surface area (Å²) in [6, 6.07) is 18.8. The van der Waals surface area contributed by atoms with E-state index in [-0.39, 0.29) is 5.91 Å². The molecule has 7 nitrogen and oxygen atoms in total. The second kappa shape index (κ2) is 10.7. The number of nitrogens with zero attached hydrogens (tertiary/aromatic N) is 2. The Bertz CT molecular complexity index is 1030. The van der Waals surface area contributed by atoms with Crippen molar-refractivity contribution in [3.05, 3.63) is 72.4 Å². The maximum absolute atomic E-state index is 12.7. The van der Waals surface area contributed by atoms with E-state index in [4.69, 9.17) is 14.2 Å². The van der Waals surface area contributed by atoms with E-state index < -0.39 is 0 Å². The molecule has 0 saturated carbocycles. The third kappa shape index (κ3) is 5.94. The first-order valence-corrected chi connectivity index (χ1v) is 11.1. The minimum atomic E-state index is -0.249. The number of nitrogens with one attached hydrogen (secondary N) is 1. The molecule has 4 rings (SSSR count). The van der Waals surface area contributed by atoms with Gasteiger partial charge in [-0.25, -0.2) is 4.98 Å². The summed E-state index contributed by atoms with van der Waals surface area (Å²) in [5, 5.41) is 2.88. The summed E-state index contributed by atoms with van der Waals surface area (Å²) in [4.78, 5) is 19.5. The van der Waals surface area contributed by atoms with Crippen molar-refractivity contribution in [2.45, 2.75) is 12.8 Å². The van der Waals surface area contributed by atoms with E-state index in [0.29, 0.717) is 28.7 Å². The standard InChI is InChI=1S/C26H29N3O4/c1-31-23-14-20(15-24(16-23)32-2)26(30)28-21-8-9-25(27-17-21)29-12-10-19(11-13-29)18-33-22-6-4-3-5-7-22/h3-9,14-17,19H,10-13,18H2,1-2H3,(H,28,30). The molecule has 7 heteroatoms. The predicted octanol–water partition coefficient (Wildman–Crippen LogP) is 4.65. The number of methoxy groups -OCH3 is 2. The summed E-state index contributed by atoms with van der Waals surface area (Å²) < 4.78 is 16.4. The van der Waals surface area contributed by atoms with Gasteiger partial charge in [0.25, 0.3) is 5.91 Å². The zero-order chi connectivity index (χ0) is 23.0. The van der Waals surface area contributed by atoms with Crippen LogP contribution in [0.2, 0.25) is 0 Å². The zero-order valence-corrected chi connectivity index (χ0v) is 19.0. The highest BCUT2D eigenvalue weighted by molar-refractivity contribution is 6.04. The maximum atomic E-state index is 12.7. The van der Waals surface area contributed by atoms with Gasteiger partial charge >= 0.3 is 0 Å². The molecule has 1 saturated heterocycles. The number of pyridine rings is 1. The van der Waals surface area contributed by atoms with Crippen molar-refractivity contribution in [2.75, 3.05) is 44.1 Å². The van der Waals surface area contributed by atoms with Crippen molar-refractivity contribution in [3.63, 3.8) is 0 Å². The summed E-state index contributed by atoms with van der Waals surface area (Å²) in [5.41, 5.74) is 1.09. The number of anilines is 2. The summed E-state index contributed by atoms with van der Waals surface area (Å²) in [5.74, 6) is 3.25. The Morgan fingerprint density at radius 3 is 2.27 bits per heavy atom. The molecule has 1 aliphatic rings. The average molecular weight is 448 g/mol. The number of carbonyl (C=O) groups excluding carboxylic acids is 1. The third-order valence-corrected chi connectivity index (χ3v) is 5.79. The van der Waals surface area contributed by atoms with Gasteiger partial charge in [-0.2, -0.15) is 0 Å². The first kappa shape index (κ1) is 22.5. The van der Waals surface area contributed by atoms with Gasteiger partial charge in [-0.15, -0.1) is 0 Å². The highest BCUT2D eigenvalue weighted by Crippen LogP contribution is 2.25. The molecule has 3 aromatic rings. The number of carbonyl (C=O) groups is 1. The molecule has 1 fully saturated rings. The van der Waals surface area contributed by atoms with Crippen LogP contribution in [0, 0.1) is 5.92 Å². The van der Waals surface area contributed by atoms with Crippen LogP contribution in [0.15, 0.2) is 66.9 Å². The number of piperidine rings is 1. The van der Waals surface area contributed by atoms with Crippen LogP contribution in [0.3, 0.4) is 0 Å². The number of rotatable bonds is 8. The van der Waals surface area contributed by atoms with Crippen LogP contribution in [0.4, 0.5) is 11.5 Å². The number of ether oxygens (including phenoxy) is 3.